The molecule has 1 heterocycles. The highest BCUT2D eigenvalue weighted by atomic mass is 35.5. The number of rotatable bonds is 5. The number of halogens is 2. The second kappa shape index (κ2) is 8.70. The molecule has 0 spiro atoms. The summed E-state index contributed by atoms with van der Waals surface area (Å²) in [5.74, 6) is -0.120. The number of likely N-dealkylation sites (tertiary alicyclic amines) is 1. The average Bonchev–Trinajstić information content (AvgIpc) is 2.59. The summed E-state index contributed by atoms with van der Waals surface area (Å²) in [4.78, 5) is 14.8. The van der Waals surface area contributed by atoms with Gasteiger partial charge in [-0.25, -0.2) is 0 Å². The summed E-state index contributed by atoms with van der Waals surface area (Å²) in [5, 5.41) is 3.98. The molecule has 0 bridgehead atoms. The van der Waals surface area contributed by atoms with Gasteiger partial charge in [-0.05, 0) is 61.3 Å². The topological polar surface area (TPSA) is 32.3 Å². The Labute approximate surface area is 158 Å². The van der Waals surface area contributed by atoms with Crippen molar-refractivity contribution in [3.05, 3.63) is 63.6 Å². The number of amides is 1. The van der Waals surface area contributed by atoms with Crippen LogP contribution in [0.4, 0.5) is 5.69 Å². The van der Waals surface area contributed by atoms with Crippen molar-refractivity contribution in [3.8, 4) is 0 Å². The van der Waals surface area contributed by atoms with E-state index in [9.17, 15) is 4.79 Å². The Morgan fingerprint density at radius 1 is 1.00 bits per heavy atom. The molecule has 3 rings (SSSR count). The van der Waals surface area contributed by atoms with E-state index in [1.165, 1.54) is 24.8 Å². The van der Waals surface area contributed by atoms with Gasteiger partial charge >= 0.3 is 0 Å². The fourth-order valence-corrected chi connectivity index (χ4v) is 3.72. The monoisotopic (exact) mass is 376 g/mol. The first-order valence-electron chi connectivity index (χ1n) is 8.66. The van der Waals surface area contributed by atoms with Crippen LogP contribution >= 0.6 is 23.2 Å². The lowest BCUT2D eigenvalue weighted by atomic mass is 10.1. The van der Waals surface area contributed by atoms with E-state index < -0.39 is 0 Å². The summed E-state index contributed by atoms with van der Waals surface area (Å²) in [6, 6.07) is 13.3. The van der Waals surface area contributed by atoms with E-state index in [0.29, 0.717) is 15.6 Å². The predicted molar refractivity (Wildman–Crippen MR) is 104 cm³/mol. The van der Waals surface area contributed by atoms with Crippen LogP contribution in [-0.4, -0.2) is 23.9 Å². The molecular formula is C20H22Cl2N2O. The maximum absolute atomic E-state index is 12.3. The highest BCUT2D eigenvalue weighted by Gasteiger charge is 2.13. The van der Waals surface area contributed by atoms with E-state index >= 15 is 0 Å². The van der Waals surface area contributed by atoms with Gasteiger partial charge in [0, 0.05) is 22.3 Å². The zero-order valence-electron chi connectivity index (χ0n) is 14.1. The second-order valence-electron chi connectivity index (χ2n) is 6.46. The first-order valence-corrected chi connectivity index (χ1v) is 9.41. The van der Waals surface area contributed by atoms with Gasteiger partial charge in [-0.3, -0.25) is 9.69 Å². The molecule has 5 heteroatoms. The van der Waals surface area contributed by atoms with E-state index in [-0.39, 0.29) is 12.3 Å². The van der Waals surface area contributed by atoms with Crippen LogP contribution in [-0.2, 0) is 17.8 Å². The molecule has 1 aliphatic heterocycles. The normalized spacial score (nSPS) is 15.1. The van der Waals surface area contributed by atoms with E-state index in [1.807, 2.05) is 18.2 Å². The van der Waals surface area contributed by atoms with Crippen LogP contribution in [0.1, 0.15) is 30.4 Å². The van der Waals surface area contributed by atoms with Crippen molar-refractivity contribution in [2.24, 2.45) is 0 Å². The van der Waals surface area contributed by atoms with Crippen LogP contribution in [0.5, 0.6) is 0 Å². The van der Waals surface area contributed by atoms with Crippen LogP contribution in [0.2, 0.25) is 10.0 Å². The van der Waals surface area contributed by atoms with Crippen molar-refractivity contribution in [1.29, 1.82) is 0 Å². The van der Waals surface area contributed by atoms with Gasteiger partial charge in [0.25, 0.3) is 0 Å². The predicted octanol–water partition coefficient (Wildman–Crippen LogP) is 5.16. The number of piperidine rings is 1. The molecule has 0 aromatic heterocycles. The Bertz CT molecular complexity index is 722. The van der Waals surface area contributed by atoms with Crippen molar-refractivity contribution >= 4 is 34.8 Å². The number of carbonyl (C=O) groups is 1. The molecule has 0 unspecified atom stereocenters. The van der Waals surface area contributed by atoms with Gasteiger partial charge in [0.1, 0.15) is 0 Å². The number of benzene rings is 2. The van der Waals surface area contributed by atoms with Gasteiger partial charge < -0.3 is 5.32 Å². The summed E-state index contributed by atoms with van der Waals surface area (Å²) >= 11 is 12.3. The van der Waals surface area contributed by atoms with Crippen LogP contribution in [0, 0.1) is 0 Å². The Kier molecular flexibility index (Phi) is 6.35. The van der Waals surface area contributed by atoms with Crippen LogP contribution in [0.15, 0.2) is 42.5 Å². The van der Waals surface area contributed by atoms with E-state index in [0.717, 1.165) is 25.3 Å². The van der Waals surface area contributed by atoms with Gasteiger partial charge in [-0.15, -0.1) is 0 Å². The van der Waals surface area contributed by atoms with E-state index in [2.05, 4.69) is 16.3 Å². The van der Waals surface area contributed by atoms with Gasteiger partial charge in [0.2, 0.25) is 5.91 Å². The SMILES string of the molecule is O=C(Cc1c(Cl)cccc1Cl)Nc1cccc(CN2CCCCC2)c1. The van der Waals surface area contributed by atoms with Crippen LogP contribution < -0.4 is 5.32 Å². The van der Waals surface area contributed by atoms with Crippen molar-refractivity contribution in [3.63, 3.8) is 0 Å². The number of nitrogens with zero attached hydrogens (tertiary/aromatic N) is 1. The zero-order valence-corrected chi connectivity index (χ0v) is 15.6. The first kappa shape index (κ1) is 18.2. The molecule has 1 amide bonds. The maximum atomic E-state index is 12.3. The Balaban J connectivity index is 1.62. The molecule has 1 saturated heterocycles. The molecule has 1 N–H and O–H groups in total. The quantitative estimate of drug-likeness (QED) is 0.781. The molecule has 1 aliphatic rings. The number of anilines is 1. The van der Waals surface area contributed by atoms with Gasteiger partial charge in [-0.1, -0.05) is 47.8 Å². The molecule has 1 fully saturated rings. The van der Waals surface area contributed by atoms with E-state index in [4.69, 9.17) is 23.2 Å². The fraction of sp³-hybridized carbons (Fsp3) is 0.350. The summed E-state index contributed by atoms with van der Waals surface area (Å²) in [6.07, 6.45) is 4.04. The third-order valence-electron chi connectivity index (χ3n) is 4.46. The number of hydrogen-bond acceptors (Lipinski definition) is 2. The highest BCUT2D eigenvalue weighted by Crippen LogP contribution is 2.25. The minimum atomic E-state index is -0.120. The largest absolute Gasteiger partial charge is 0.326 e. The van der Waals surface area contributed by atoms with Crippen molar-refractivity contribution in [1.82, 2.24) is 4.90 Å². The van der Waals surface area contributed by atoms with Gasteiger partial charge in [0.05, 0.1) is 6.42 Å². The van der Waals surface area contributed by atoms with E-state index in [1.54, 1.807) is 18.2 Å². The molecule has 0 aliphatic carbocycles. The summed E-state index contributed by atoms with van der Waals surface area (Å²) in [5.41, 5.74) is 2.69. The molecule has 132 valence electrons. The van der Waals surface area contributed by atoms with Crippen molar-refractivity contribution in [2.75, 3.05) is 18.4 Å². The van der Waals surface area contributed by atoms with Gasteiger partial charge in [0.15, 0.2) is 0 Å². The first-order chi connectivity index (χ1) is 12.1. The molecule has 25 heavy (non-hydrogen) atoms. The standard InChI is InChI=1S/C20H22Cl2N2O/c21-18-8-5-9-19(22)17(18)13-20(25)23-16-7-4-6-15(12-16)14-24-10-2-1-3-11-24/h4-9,12H,1-3,10-11,13-14H2,(H,23,25). The highest BCUT2D eigenvalue weighted by molar-refractivity contribution is 6.36. The summed E-state index contributed by atoms with van der Waals surface area (Å²) < 4.78 is 0. The van der Waals surface area contributed by atoms with Crippen molar-refractivity contribution in [2.45, 2.75) is 32.2 Å². The Hall–Kier alpha value is -1.55. The molecule has 0 radical (unpaired) electrons. The minimum Gasteiger partial charge on any atom is -0.326 e. The zero-order chi connectivity index (χ0) is 17.6. The molecule has 2 aromatic carbocycles. The number of carbonyl (C=O) groups excluding carboxylic acids is 1. The van der Waals surface area contributed by atoms with Gasteiger partial charge in [-0.2, -0.15) is 0 Å². The van der Waals surface area contributed by atoms with Crippen LogP contribution in [0.3, 0.4) is 0 Å². The summed E-state index contributed by atoms with van der Waals surface area (Å²) in [7, 11) is 0. The molecular weight excluding hydrogens is 355 g/mol. The Morgan fingerprint density at radius 3 is 2.40 bits per heavy atom. The fourth-order valence-electron chi connectivity index (χ4n) is 3.19. The maximum Gasteiger partial charge on any atom is 0.228 e. The summed E-state index contributed by atoms with van der Waals surface area (Å²) in [6.45, 7) is 3.24. The van der Waals surface area contributed by atoms with Crippen molar-refractivity contribution < 1.29 is 4.79 Å². The molecule has 3 nitrogen and oxygen atoms in total. The third kappa shape index (κ3) is 5.21. The lowest BCUT2D eigenvalue weighted by Gasteiger charge is -2.26. The smallest absolute Gasteiger partial charge is 0.228 e. The lowest BCUT2D eigenvalue weighted by molar-refractivity contribution is -0.115. The number of hydrogen-bond donors (Lipinski definition) is 1. The third-order valence-corrected chi connectivity index (χ3v) is 5.17. The molecule has 0 atom stereocenters. The average molecular weight is 377 g/mol. The Morgan fingerprint density at radius 2 is 1.68 bits per heavy atom. The van der Waals surface area contributed by atoms with Crippen LogP contribution in [0.25, 0.3) is 0 Å². The lowest BCUT2D eigenvalue weighted by Crippen LogP contribution is -2.29. The second-order valence-corrected chi connectivity index (χ2v) is 7.28. The minimum absolute atomic E-state index is 0.120. The molecule has 2 aromatic rings. The number of nitrogens with one attached hydrogen (secondary N) is 1. The molecule has 0 saturated carbocycles.